The molecular weight excluding hydrogens is 688 g/mol. The summed E-state index contributed by atoms with van der Waals surface area (Å²) < 4.78 is 62.2. The Kier molecular flexibility index (Phi) is 15.1. The SMILES string of the molecule is CCCCCCCCCCCCOc1ccc(S(=O)(=O)c2cnc3ccc(S(C)=O)cc3c2N2CCC(N3CCN(CCO)CC3)CC2)cc1F. The molecule has 0 amide bonds. The molecule has 2 fully saturated rings. The summed E-state index contributed by atoms with van der Waals surface area (Å²) in [5, 5.41) is 9.93. The van der Waals surface area contributed by atoms with Gasteiger partial charge in [-0.2, -0.15) is 0 Å². The Morgan fingerprint density at radius 1 is 0.902 bits per heavy atom. The summed E-state index contributed by atoms with van der Waals surface area (Å²) in [7, 11) is -5.46. The number of aliphatic hydroxyl groups is 1. The van der Waals surface area contributed by atoms with Crippen LogP contribution >= 0.6 is 0 Å². The quantitative estimate of drug-likeness (QED) is 0.133. The number of aromatic nitrogens is 1. The molecule has 9 nitrogen and oxygen atoms in total. The van der Waals surface area contributed by atoms with Gasteiger partial charge in [0.25, 0.3) is 0 Å². The molecule has 0 saturated carbocycles. The van der Waals surface area contributed by atoms with Crippen LogP contribution in [0.4, 0.5) is 10.1 Å². The van der Waals surface area contributed by atoms with Crippen LogP contribution in [0.15, 0.2) is 57.3 Å². The van der Waals surface area contributed by atoms with Crippen molar-refractivity contribution in [1.29, 1.82) is 0 Å². The number of hydrogen-bond acceptors (Lipinski definition) is 9. The Bertz CT molecular complexity index is 1690. The third-order valence-corrected chi connectivity index (χ3v) is 13.2. The maximum absolute atomic E-state index is 15.4. The fourth-order valence-electron chi connectivity index (χ4n) is 7.45. The number of sulfone groups is 1. The molecule has 3 heterocycles. The third kappa shape index (κ3) is 10.5. The van der Waals surface area contributed by atoms with Gasteiger partial charge in [0.2, 0.25) is 9.84 Å². The van der Waals surface area contributed by atoms with E-state index in [9.17, 15) is 17.7 Å². The van der Waals surface area contributed by atoms with Crippen molar-refractivity contribution in [3.05, 3.63) is 48.4 Å². The number of aliphatic hydroxyl groups excluding tert-OH is 1. The number of benzene rings is 2. The lowest BCUT2D eigenvalue weighted by Gasteiger charge is -2.43. The van der Waals surface area contributed by atoms with E-state index in [1.54, 1.807) is 24.5 Å². The average Bonchev–Trinajstić information content (AvgIpc) is 3.14. The number of piperazine rings is 1. The molecule has 0 spiro atoms. The fourth-order valence-corrected chi connectivity index (χ4v) is 9.44. The molecular formula is C39H57FN4O5S2. The molecule has 12 heteroatoms. The van der Waals surface area contributed by atoms with E-state index < -0.39 is 26.5 Å². The minimum atomic E-state index is -4.19. The number of hydrogen-bond donors (Lipinski definition) is 1. The van der Waals surface area contributed by atoms with Crippen LogP contribution in [-0.4, -0.2) is 104 Å². The van der Waals surface area contributed by atoms with Crippen LogP contribution in [0.25, 0.3) is 10.9 Å². The van der Waals surface area contributed by atoms with E-state index in [0.717, 1.165) is 64.3 Å². The zero-order valence-electron chi connectivity index (χ0n) is 30.5. The molecule has 3 aromatic rings. The van der Waals surface area contributed by atoms with E-state index in [-0.39, 0.29) is 22.1 Å². The number of fused-ring (bicyclic) bond motifs is 1. The summed E-state index contributed by atoms with van der Waals surface area (Å²) in [6.45, 7) is 8.50. The fraction of sp³-hybridized carbons (Fsp3) is 0.615. The van der Waals surface area contributed by atoms with Crippen LogP contribution in [0.3, 0.4) is 0 Å². The van der Waals surface area contributed by atoms with Crippen molar-refractivity contribution >= 4 is 37.2 Å². The smallest absolute Gasteiger partial charge is 0.210 e. The monoisotopic (exact) mass is 744 g/mol. The lowest BCUT2D eigenvalue weighted by Crippen LogP contribution is -2.53. The molecule has 5 rings (SSSR count). The summed E-state index contributed by atoms with van der Waals surface area (Å²) in [4.78, 5) is 11.9. The number of unbranched alkanes of at least 4 members (excludes halogenated alkanes) is 9. The highest BCUT2D eigenvalue weighted by molar-refractivity contribution is 7.91. The summed E-state index contributed by atoms with van der Waals surface area (Å²) in [5.74, 6) is -0.655. The van der Waals surface area contributed by atoms with Gasteiger partial charge in [0.15, 0.2) is 11.6 Å². The number of β-amino-alcohol motifs (C(OH)–C–C–N with tert-alkyl or cyclic N) is 1. The molecule has 51 heavy (non-hydrogen) atoms. The van der Waals surface area contributed by atoms with Gasteiger partial charge in [-0.05, 0) is 55.7 Å². The first-order chi connectivity index (χ1) is 24.7. The van der Waals surface area contributed by atoms with Gasteiger partial charge in [-0.3, -0.25) is 19.0 Å². The van der Waals surface area contributed by atoms with Crippen molar-refractivity contribution in [1.82, 2.24) is 14.8 Å². The molecule has 0 bridgehead atoms. The molecule has 1 unspecified atom stereocenters. The summed E-state index contributed by atoms with van der Waals surface area (Å²) in [5.41, 5.74) is 1.14. The first-order valence-corrected chi connectivity index (χ1v) is 22.0. The Labute approximate surface area is 306 Å². The number of anilines is 1. The van der Waals surface area contributed by atoms with E-state index in [1.807, 2.05) is 0 Å². The van der Waals surface area contributed by atoms with Crippen molar-refractivity contribution in [2.75, 3.05) is 70.2 Å². The second kappa shape index (κ2) is 19.4. The Morgan fingerprint density at radius 2 is 1.57 bits per heavy atom. The lowest BCUT2D eigenvalue weighted by molar-refractivity contribution is 0.0747. The van der Waals surface area contributed by atoms with Gasteiger partial charge in [-0.15, -0.1) is 0 Å². The topological polar surface area (TPSA) is 103 Å². The molecule has 2 saturated heterocycles. The highest BCUT2D eigenvalue weighted by atomic mass is 32.2. The maximum Gasteiger partial charge on any atom is 0.210 e. The molecule has 282 valence electrons. The van der Waals surface area contributed by atoms with Gasteiger partial charge in [0, 0.05) is 85.4 Å². The van der Waals surface area contributed by atoms with Crippen molar-refractivity contribution in [3.8, 4) is 5.75 Å². The van der Waals surface area contributed by atoms with Gasteiger partial charge in [0.1, 0.15) is 4.90 Å². The number of rotatable bonds is 19. The van der Waals surface area contributed by atoms with Gasteiger partial charge in [0.05, 0.1) is 29.3 Å². The van der Waals surface area contributed by atoms with Gasteiger partial charge >= 0.3 is 0 Å². The zero-order valence-corrected chi connectivity index (χ0v) is 32.2. The number of pyridine rings is 1. The molecule has 2 aromatic carbocycles. The number of nitrogens with zero attached hydrogens (tertiary/aromatic N) is 4. The predicted molar refractivity (Wildman–Crippen MR) is 204 cm³/mol. The van der Waals surface area contributed by atoms with Crippen LogP contribution in [0.1, 0.15) is 84.0 Å². The van der Waals surface area contributed by atoms with E-state index in [4.69, 9.17) is 4.74 Å². The van der Waals surface area contributed by atoms with Crippen molar-refractivity contribution in [3.63, 3.8) is 0 Å². The van der Waals surface area contributed by atoms with Gasteiger partial charge < -0.3 is 14.7 Å². The second-order valence-corrected chi connectivity index (χ2v) is 17.3. The van der Waals surface area contributed by atoms with E-state index in [2.05, 4.69) is 26.6 Å². The first-order valence-electron chi connectivity index (χ1n) is 19.0. The highest BCUT2D eigenvalue weighted by Gasteiger charge is 2.32. The lowest BCUT2D eigenvalue weighted by atomic mass is 10.0. The molecule has 2 aliphatic rings. The minimum Gasteiger partial charge on any atom is -0.491 e. The van der Waals surface area contributed by atoms with Crippen LogP contribution < -0.4 is 9.64 Å². The van der Waals surface area contributed by atoms with E-state index in [0.29, 0.717) is 53.8 Å². The predicted octanol–water partition coefficient (Wildman–Crippen LogP) is 6.82. The number of ether oxygens (including phenoxy) is 1. The summed E-state index contributed by atoms with van der Waals surface area (Å²) in [6, 6.07) is 9.59. The van der Waals surface area contributed by atoms with Crippen molar-refractivity contribution < 1.29 is 26.9 Å². The molecule has 1 atom stereocenters. The van der Waals surface area contributed by atoms with E-state index >= 15 is 4.39 Å². The minimum absolute atomic E-state index is 0.0172. The normalized spacial score (nSPS) is 17.3. The molecule has 0 aliphatic carbocycles. The number of halogens is 1. The van der Waals surface area contributed by atoms with Crippen LogP contribution in [0, 0.1) is 5.82 Å². The van der Waals surface area contributed by atoms with Crippen LogP contribution in [0.5, 0.6) is 5.75 Å². The summed E-state index contributed by atoms with van der Waals surface area (Å²) in [6.07, 6.45) is 16.7. The molecule has 2 aliphatic heterocycles. The second-order valence-electron chi connectivity index (χ2n) is 14.0. The summed E-state index contributed by atoms with van der Waals surface area (Å²) >= 11 is 0. The number of piperidine rings is 1. The molecule has 1 N–H and O–H groups in total. The Morgan fingerprint density at radius 3 is 2.20 bits per heavy atom. The Balaban J connectivity index is 1.28. The third-order valence-electron chi connectivity index (χ3n) is 10.5. The van der Waals surface area contributed by atoms with Crippen LogP contribution in [0.2, 0.25) is 0 Å². The standard InChI is InChI=1S/C39H57FN4O5S2/c1-3-4-5-6-7-8-9-10-11-12-27-49-37-16-14-33(29-35(37)40)51(47,48)38-30-41-36-15-13-32(50(2)46)28-34(36)39(38)44-19-17-31(18-20-44)43-23-21-42(22-24-43)25-26-45/h13-16,28-31,45H,3-12,17-27H2,1-2H3. The highest BCUT2D eigenvalue weighted by Crippen LogP contribution is 2.39. The van der Waals surface area contributed by atoms with Crippen LogP contribution in [-0.2, 0) is 20.6 Å². The van der Waals surface area contributed by atoms with E-state index in [1.165, 1.54) is 63.3 Å². The molecule has 0 radical (unpaired) electrons. The van der Waals surface area contributed by atoms with Gasteiger partial charge in [-0.1, -0.05) is 64.7 Å². The zero-order chi connectivity index (χ0) is 36.2. The molecule has 1 aromatic heterocycles. The maximum atomic E-state index is 15.4. The Hall–Kier alpha value is -2.64. The first kappa shape index (κ1) is 39.6. The van der Waals surface area contributed by atoms with Crippen molar-refractivity contribution in [2.45, 2.75) is 105 Å². The largest absolute Gasteiger partial charge is 0.491 e. The van der Waals surface area contributed by atoms with Crippen molar-refractivity contribution in [2.24, 2.45) is 0 Å². The average molecular weight is 745 g/mol. The van der Waals surface area contributed by atoms with Gasteiger partial charge in [-0.25, -0.2) is 12.8 Å².